The van der Waals surface area contributed by atoms with Crippen molar-refractivity contribution in [2.75, 3.05) is 0 Å². The summed E-state index contributed by atoms with van der Waals surface area (Å²) in [7, 11) is 0. The molecule has 2 aromatic rings. The number of carbonyl (C=O) groups excluding carboxylic acids is 3. The molecular weight excluding hydrogens is 382 g/mol. The summed E-state index contributed by atoms with van der Waals surface area (Å²) in [6.45, 7) is 2.13. The summed E-state index contributed by atoms with van der Waals surface area (Å²) in [5.41, 5.74) is 2.39. The van der Waals surface area contributed by atoms with Crippen LogP contribution in [0.3, 0.4) is 0 Å². The van der Waals surface area contributed by atoms with Crippen molar-refractivity contribution in [2.24, 2.45) is 5.92 Å². The van der Waals surface area contributed by atoms with Gasteiger partial charge in [-0.05, 0) is 43.0 Å². The van der Waals surface area contributed by atoms with Crippen LogP contribution in [0.2, 0.25) is 0 Å². The third-order valence-corrected chi connectivity index (χ3v) is 6.02. The van der Waals surface area contributed by atoms with Crippen LogP contribution in [0.4, 0.5) is 4.79 Å². The first-order valence-corrected chi connectivity index (χ1v) is 10.2. The minimum atomic E-state index is -0.876. The molecular formula is C18H21N5O4S. The summed E-state index contributed by atoms with van der Waals surface area (Å²) in [6.07, 6.45) is 3.17. The molecule has 0 bridgehead atoms. The lowest BCUT2D eigenvalue weighted by Crippen LogP contribution is -2.51. The van der Waals surface area contributed by atoms with Crippen LogP contribution in [-0.2, 0) is 16.0 Å². The molecule has 4 amide bonds. The van der Waals surface area contributed by atoms with Crippen molar-refractivity contribution in [3.05, 3.63) is 22.7 Å². The number of amides is 4. The fourth-order valence-corrected chi connectivity index (χ4v) is 4.22. The van der Waals surface area contributed by atoms with Crippen LogP contribution in [0, 0.1) is 5.92 Å². The first kappa shape index (κ1) is 18.6. The highest BCUT2D eigenvalue weighted by Gasteiger charge is 2.52. The van der Waals surface area contributed by atoms with E-state index in [1.54, 1.807) is 0 Å². The lowest BCUT2D eigenvalue weighted by molar-refractivity contribution is -0.140. The molecule has 0 atom stereocenters. The van der Waals surface area contributed by atoms with E-state index in [2.05, 4.69) is 27.8 Å². The molecule has 2 aromatic heterocycles. The topological polar surface area (TPSA) is 117 Å². The fourth-order valence-electron chi connectivity index (χ4n) is 3.58. The van der Waals surface area contributed by atoms with Crippen molar-refractivity contribution < 1.29 is 18.9 Å². The average Bonchev–Trinajstić information content (AvgIpc) is 3.40. The van der Waals surface area contributed by atoms with Gasteiger partial charge in [-0.25, -0.2) is 4.79 Å². The Morgan fingerprint density at radius 2 is 2.21 bits per heavy atom. The summed E-state index contributed by atoms with van der Waals surface area (Å²) in [5, 5.41) is 11.3. The normalized spacial score (nSPS) is 24.6. The lowest BCUT2D eigenvalue weighted by Gasteiger charge is -2.33. The molecule has 0 unspecified atom stereocenters. The molecule has 2 N–H and O–H groups in total. The van der Waals surface area contributed by atoms with Crippen LogP contribution in [0.1, 0.15) is 44.9 Å². The zero-order chi connectivity index (χ0) is 19.7. The largest absolute Gasteiger partial charge is 0.344 e. The number of hydrogen-bond acceptors (Lipinski definition) is 7. The van der Waals surface area contributed by atoms with Gasteiger partial charge in [0.25, 0.3) is 5.91 Å². The molecule has 0 radical (unpaired) electrons. The summed E-state index contributed by atoms with van der Waals surface area (Å²) in [6, 6.07) is 1.30. The molecule has 1 aliphatic heterocycles. The van der Waals surface area contributed by atoms with Crippen LogP contribution < -0.4 is 10.7 Å². The Morgan fingerprint density at radius 3 is 2.93 bits per heavy atom. The molecule has 1 saturated heterocycles. The quantitative estimate of drug-likeness (QED) is 0.740. The van der Waals surface area contributed by atoms with Gasteiger partial charge in [-0.2, -0.15) is 21.3 Å². The minimum Gasteiger partial charge on any atom is -0.339 e. The average molecular weight is 403 g/mol. The van der Waals surface area contributed by atoms with Gasteiger partial charge in [-0.15, -0.1) is 0 Å². The number of carbonyl (C=O) groups is 3. The van der Waals surface area contributed by atoms with E-state index in [9.17, 15) is 14.4 Å². The Hall–Kier alpha value is -2.75. The first-order chi connectivity index (χ1) is 13.5. The van der Waals surface area contributed by atoms with E-state index < -0.39 is 17.5 Å². The van der Waals surface area contributed by atoms with E-state index >= 15 is 0 Å². The second kappa shape index (κ2) is 7.34. The zero-order valence-corrected chi connectivity index (χ0v) is 16.3. The number of thiophene rings is 1. The smallest absolute Gasteiger partial charge is 0.339 e. The van der Waals surface area contributed by atoms with E-state index in [1.807, 2.05) is 16.8 Å². The minimum absolute atomic E-state index is 0.0202. The predicted octanol–water partition coefficient (Wildman–Crippen LogP) is 2.26. The van der Waals surface area contributed by atoms with Crippen LogP contribution in [-0.4, -0.2) is 38.5 Å². The molecule has 1 spiro atoms. The van der Waals surface area contributed by atoms with E-state index in [0.717, 1.165) is 23.4 Å². The van der Waals surface area contributed by atoms with E-state index in [4.69, 9.17) is 4.52 Å². The molecule has 1 saturated carbocycles. The number of imide groups is 1. The van der Waals surface area contributed by atoms with E-state index in [-0.39, 0.29) is 18.7 Å². The summed E-state index contributed by atoms with van der Waals surface area (Å²) in [5.74, 6) is 0.494. The molecule has 3 heterocycles. The third kappa shape index (κ3) is 3.51. The van der Waals surface area contributed by atoms with Crippen LogP contribution in [0.15, 0.2) is 21.3 Å². The second-order valence-corrected chi connectivity index (χ2v) is 8.17. The highest BCUT2D eigenvalue weighted by atomic mass is 32.1. The SMILES string of the molecule is CC1CCC2(CC1)NC(=O)N(NC(=O)CCc1nc(-c3ccsc3)no1)C2=O. The standard InChI is InChI=1S/C18H21N5O4S/c1-11-4-7-18(8-5-11)16(25)23(17(26)20-18)21-13(24)2-3-14-19-15(22-27-14)12-6-9-28-10-12/h6,9-11H,2-5,7-8H2,1H3,(H,20,26)(H,21,24). The Bertz CT molecular complexity index is 886. The van der Waals surface area contributed by atoms with Crippen LogP contribution >= 0.6 is 11.3 Å². The van der Waals surface area contributed by atoms with Gasteiger partial charge in [0, 0.05) is 23.8 Å². The summed E-state index contributed by atoms with van der Waals surface area (Å²) in [4.78, 5) is 41.5. The molecule has 1 aliphatic carbocycles. The monoisotopic (exact) mass is 403 g/mol. The molecule has 4 rings (SSSR count). The van der Waals surface area contributed by atoms with E-state index in [0.29, 0.717) is 30.5 Å². The number of urea groups is 1. The van der Waals surface area contributed by atoms with Crippen molar-refractivity contribution in [1.29, 1.82) is 0 Å². The van der Waals surface area contributed by atoms with Crippen molar-refractivity contribution in [1.82, 2.24) is 25.9 Å². The van der Waals surface area contributed by atoms with Gasteiger partial charge < -0.3 is 9.84 Å². The van der Waals surface area contributed by atoms with Gasteiger partial charge in [-0.1, -0.05) is 12.1 Å². The Kier molecular flexibility index (Phi) is 4.88. The van der Waals surface area contributed by atoms with Crippen molar-refractivity contribution in [3.63, 3.8) is 0 Å². The number of nitrogens with zero attached hydrogens (tertiary/aromatic N) is 3. The summed E-state index contributed by atoms with van der Waals surface area (Å²) >= 11 is 1.53. The highest BCUT2D eigenvalue weighted by molar-refractivity contribution is 7.08. The number of aromatic nitrogens is 2. The van der Waals surface area contributed by atoms with Gasteiger partial charge in [0.15, 0.2) is 0 Å². The van der Waals surface area contributed by atoms with Crippen LogP contribution in [0.5, 0.6) is 0 Å². The number of rotatable bonds is 5. The van der Waals surface area contributed by atoms with Gasteiger partial charge in [-0.3, -0.25) is 15.0 Å². The molecule has 0 aromatic carbocycles. The molecule has 148 valence electrons. The summed E-state index contributed by atoms with van der Waals surface area (Å²) < 4.78 is 5.15. The fraction of sp³-hybridized carbons (Fsp3) is 0.500. The molecule has 9 nitrogen and oxygen atoms in total. The first-order valence-electron chi connectivity index (χ1n) is 9.28. The van der Waals surface area contributed by atoms with Gasteiger partial charge in [0.05, 0.1) is 0 Å². The Labute approximate surface area is 165 Å². The number of hydrazine groups is 1. The van der Waals surface area contributed by atoms with Crippen molar-refractivity contribution >= 4 is 29.2 Å². The molecule has 2 fully saturated rings. The number of hydrogen-bond donors (Lipinski definition) is 2. The van der Waals surface area contributed by atoms with Crippen molar-refractivity contribution in [2.45, 2.75) is 51.0 Å². The maximum absolute atomic E-state index is 12.7. The molecule has 28 heavy (non-hydrogen) atoms. The van der Waals surface area contributed by atoms with Crippen molar-refractivity contribution in [3.8, 4) is 11.4 Å². The molecule has 2 aliphatic rings. The van der Waals surface area contributed by atoms with Gasteiger partial charge in [0.1, 0.15) is 5.54 Å². The lowest BCUT2D eigenvalue weighted by atomic mass is 9.77. The highest BCUT2D eigenvalue weighted by Crippen LogP contribution is 2.35. The van der Waals surface area contributed by atoms with Gasteiger partial charge in [0.2, 0.25) is 17.6 Å². The van der Waals surface area contributed by atoms with Crippen LogP contribution in [0.25, 0.3) is 11.4 Å². The number of nitrogens with one attached hydrogen (secondary N) is 2. The Morgan fingerprint density at radius 1 is 1.43 bits per heavy atom. The second-order valence-electron chi connectivity index (χ2n) is 7.39. The molecule has 10 heteroatoms. The third-order valence-electron chi connectivity index (χ3n) is 5.34. The van der Waals surface area contributed by atoms with E-state index in [1.165, 1.54) is 11.3 Å². The maximum Gasteiger partial charge on any atom is 0.344 e. The van der Waals surface area contributed by atoms with Gasteiger partial charge >= 0.3 is 6.03 Å². The zero-order valence-electron chi connectivity index (χ0n) is 15.4. The maximum atomic E-state index is 12.7. The predicted molar refractivity (Wildman–Crippen MR) is 99.8 cm³/mol. The Balaban J connectivity index is 1.32. The number of aryl methyl sites for hydroxylation is 1.